The van der Waals surface area contributed by atoms with Crippen molar-refractivity contribution in [3.63, 3.8) is 0 Å². The molecule has 7 nitrogen and oxygen atoms in total. The van der Waals surface area contributed by atoms with Gasteiger partial charge in [-0.2, -0.15) is 26.3 Å². The van der Waals surface area contributed by atoms with Crippen LogP contribution in [-0.2, 0) is 27.1 Å². The van der Waals surface area contributed by atoms with E-state index in [4.69, 9.17) is 9.47 Å². The number of nitrogens with one attached hydrogen (secondary N) is 1. The Kier molecular flexibility index (Phi) is 6.64. The third-order valence-electron chi connectivity index (χ3n) is 6.50. The highest BCUT2D eigenvalue weighted by molar-refractivity contribution is 5.79. The van der Waals surface area contributed by atoms with Gasteiger partial charge in [0, 0.05) is 31.6 Å². The molecule has 1 aromatic carbocycles. The third kappa shape index (κ3) is 5.17. The molecule has 3 fully saturated rings. The van der Waals surface area contributed by atoms with E-state index in [1.54, 1.807) is 0 Å². The van der Waals surface area contributed by atoms with Crippen LogP contribution in [0.4, 0.5) is 35.5 Å². The van der Waals surface area contributed by atoms with Gasteiger partial charge in [0.1, 0.15) is 12.4 Å². The molecule has 3 heterocycles. The number of carbonyl (C=O) groups excluding carboxylic acids is 2. The van der Waals surface area contributed by atoms with E-state index in [-0.39, 0.29) is 44.3 Å². The summed E-state index contributed by atoms with van der Waals surface area (Å²) in [6.45, 7) is -1.87. The van der Waals surface area contributed by atoms with E-state index < -0.39 is 66.5 Å². The van der Waals surface area contributed by atoms with E-state index >= 15 is 0 Å². The van der Waals surface area contributed by atoms with Crippen molar-refractivity contribution in [2.75, 3.05) is 32.8 Å². The van der Waals surface area contributed by atoms with Crippen LogP contribution in [0.3, 0.4) is 0 Å². The van der Waals surface area contributed by atoms with Crippen molar-refractivity contribution in [3.05, 3.63) is 35.1 Å². The molecule has 194 valence electrons. The first kappa shape index (κ1) is 25.5. The predicted octanol–water partition coefficient (Wildman–Crippen LogP) is 3.08. The number of ether oxygens (including phenoxy) is 2. The number of hydrogen-bond acceptors (Lipinski definition) is 4. The summed E-state index contributed by atoms with van der Waals surface area (Å²) in [5.74, 6) is -1.69. The highest BCUT2D eigenvalue weighted by Crippen LogP contribution is 2.42. The summed E-state index contributed by atoms with van der Waals surface area (Å²) in [4.78, 5) is 26.8. The summed E-state index contributed by atoms with van der Waals surface area (Å²) in [6, 6.07) is 0.344. The number of carbonyl (C=O) groups is 2. The highest BCUT2D eigenvalue weighted by atomic mass is 19.4. The smallest absolute Gasteiger partial charge is 0.366 e. The summed E-state index contributed by atoms with van der Waals surface area (Å²) in [5, 5.41) is 2.70. The van der Waals surface area contributed by atoms with Crippen LogP contribution >= 0.6 is 0 Å². The van der Waals surface area contributed by atoms with Gasteiger partial charge in [-0.25, -0.2) is 9.18 Å². The number of urea groups is 1. The molecule has 3 saturated heterocycles. The summed E-state index contributed by atoms with van der Waals surface area (Å²) >= 11 is 0. The Hall–Kier alpha value is -2.61. The number of hydrogen-bond donors (Lipinski definition) is 1. The van der Waals surface area contributed by atoms with Crippen molar-refractivity contribution in [3.8, 4) is 0 Å². The molecule has 1 N–H and O–H groups in total. The monoisotopic (exact) mass is 513 g/mol. The summed E-state index contributed by atoms with van der Waals surface area (Å²) < 4.78 is 105. The molecule has 1 aromatic rings. The number of fused-ring (bicyclic) bond motifs is 1. The maximum atomic E-state index is 14.1. The van der Waals surface area contributed by atoms with Crippen LogP contribution in [0.25, 0.3) is 0 Å². The van der Waals surface area contributed by atoms with Crippen molar-refractivity contribution in [2.45, 2.75) is 49.5 Å². The Bertz CT molecular complexity index is 987. The van der Waals surface area contributed by atoms with Gasteiger partial charge in [0.15, 0.2) is 5.60 Å². The number of nitrogens with zero attached hydrogens (tertiary/aromatic N) is 2. The van der Waals surface area contributed by atoms with E-state index in [2.05, 4.69) is 5.32 Å². The molecular formula is C21H22F7N3O4. The van der Waals surface area contributed by atoms with Gasteiger partial charge in [0.25, 0.3) is 0 Å². The molecule has 3 aliphatic heterocycles. The molecule has 0 aliphatic carbocycles. The molecule has 35 heavy (non-hydrogen) atoms. The third-order valence-corrected chi connectivity index (χ3v) is 6.50. The normalized spacial score (nSPS) is 27.6. The second-order valence-electron chi connectivity index (χ2n) is 8.80. The first-order valence-corrected chi connectivity index (χ1v) is 10.8. The zero-order valence-corrected chi connectivity index (χ0v) is 18.2. The van der Waals surface area contributed by atoms with E-state index in [9.17, 15) is 40.3 Å². The van der Waals surface area contributed by atoms with E-state index in [1.807, 2.05) is 0 Å². The molecule has 3 atom stereocenters. The minimum absolute atomic E-state index is 0.0718. The van der Waals surface area contributed by atoms with Gasteiger partial charge >= 0.3 is 18.4 Å². The molecule has 3 amide bonds. The van der Waals surface area contributed by atoms with Gasteiger partial charge < -0.3 is 24.6 Å². The number of rotatable bonds is 3. The quantitative estimate of drug-likeness (QED) is 0.631. The number of likely N-dealkylation sites (tertiary alicyclic amines) is 2. The summed E-state index contributed by atoms with van der Waals surface area (Å²) in [5.41, 5.74) is -4.55. The largest absolute Gasteiger partial charge is 0.419 e. The van der Waals surface area contributed by atoms with E-state index in [0.717, 1.165) is 11.0 Å². The molecule has 3 aliphatic rings. The van der Waals surface area contributed by atoms with Crippen molar-refractivity contribution in [1.82, 2.24) is 15.1 Å². The summed E-state index contributed by atoms with van der Waals surface area (Å²) in [6.07, 6.45) is -10.2. The van der Waals surface area contributed by atoms with Crippen molar-refractivity contribution >= 4 is 11.9 Å². The van der Waals surface area contributed by atoms with Gasteiger partial charge in [-0.05, 0) is 18.6 Å². The van der Waals surface area contributed by atoms with E-state index in [1.165, 1.54) is 4.90 Å². The van der Waals surface area contributed by atoms with Crippen molar-refractivity contribution in [1.29, 1.82) is 0 Å². The molecular weight excluding hydrogens is 491 g/mol. The van der Waals surface area contributed by atoms with Gasteiger partial charge in [-0.1, -0.05) is 6.07 Å². The zero-order chi connectivity index (χ0) is 25.6. The van der Waals surface area contributed by atoms with Gasteiger partial charge in [0.2, 0.25) is 5.91 Å². The van der Waals surface area contributed by atoms with Crippen molar-refractivity contribution < 1.29 is 49.8 Å². The number of halogens is 7. The van der Waals surface area contributed by atoms with Crippen LogP contribution in [0, 0.1) is 5.82 Å². The molecule has 14 heteroatoms. The number of morpholine rings is 1. The minimum Gasteiger partial charge on any atom is -0.366 e. The lowest BCUT2D eigenvalue weighted by Gasteiger charge is -2.42. The zero-order valence-electron chi connectivity index (χ0n) is 18.2. The van der Waals surface area contributed by atoms with Gasteiger partial charge in [-0.3, -0.25) is 4.79 Å². The van der Waals surface area contributed by atoms with Gasteiger partial charge in [0.05, 0.1) is 30.9 Å². The first-order chi connectivity index (χ1) is 16.3. The fourth-order valence-corrected chi connectivity index (χ4v) is 4.51. The fourth-order valence-electron chi connectivity index (χ4n) is 4.51. The highest BCUT2D eigenvalue weighted by Gasteiger charge is 2.60. The average Bonchev–Trinajstić information content (AvgIpc) is 3.22. The Balaban J connectivity index is 1.43. The molecule has 0 spiro atoms. The average molecular weight is 513 g/mol. The molecule has 1 unspecified atom stereocenters. The van der Waals surface area contributed by atoms with Crippen LogP contribution in [0.15, 0.2) is 18.2 Å². The first-order valence-electron chi connectivity index (χ1n) is 10.8. The van der Waals surface area contributed by atoms with Crippen LogP contribution in [-0.4, -0.2) is 78.4 Å². The van der Waals surface area contributed by atoms with Crippen LogP contribution in [0.5, 0.6) is 0 Å². The molecule has 0 aromatic heterocycles. The molecule has 4 rings (SSSR count). The molecule has 0 saturated carbocycles. The Morgan fingerprint density at radius 1 is 1.17 bits per heavy atom. The van der Waals surface area contributed by atoms with Crippen LogP contribution < -0.4 is 5.32 Å². The fraction of sp³-hybridized carbons (Fsp3) is 0.619. The number of amides is 3. The Morgan fingerprint density at radius 2 is 1.91 bits per heavy atom. The maximum absolute atomic E-state index is 14.1. The van der Waals surface area contributed by atoms with E-state index in [0.29, 0.717) is 12.5 Å². The van der Waals surface area contributed by atoms with Gasteiger partial charge in [-0.15, -0.1) is 0 Å². The van der Waals surface area contributed by atoms with Crippen LogP contribution in [0.1, 0.15) is 24.0 Å². The lowest BCUT2D eigenvalue weighted by Crippen LogP contribution is -2.62. The second kappa shape index (κ2) is 9.12. The molecule has 0 bridgehead atoms. The minimum atomic E-state index is -4.93. The second-order valence-corrected chi connectivity index (χ2v) is 8.80. The predicted molar refractivity (Wildman–Crippen MR) is 104 cm³/mol. The number of benzene rings is 1. The number of piperidine rings is 1. The van der Waals surface area contributed by atoms with Crippen LogP contribution in [0.2, 0.25) is 0 Å². The standard InChI is InChI=1S/C21H22F7N3O4/c22-14-7-13(20(23,24)25)2-1-12(14)9-35-19(21(26,27)28)4-6-31(11-19)18(33)30-5-3-16-15(8-30)29-17(32)10-34-16/h1-2,7,15-16H,3-6,8-11H2,(H,29,32)/t15-,16+,19?/m1/s1. The Labute approximate surface area is 195 Å². The topological polar surface area (TPSA) is 71.1 Å². The lowest BCUT2D eigenvalue weighted by molar-refractivity contribution is -0.275. The number of alkyl halides is 6. The maximum Gasteiger partial charge on any atom is 0.419 e. The Morgan fingerprint density at radius 3 is 2.57 bits per heavy atom. The SMILES string of the molecule is O=C1CO[C@H]2CCN(C(=O)N3CCC(OCc4ccc(C(F)(F)F)cc4F)(C(F)(F)F)C3)C[C@H]2N1. The lowest BCUT2D eigenvalue weighted by atomic mass is 10.0. The molecule has 0 radical (unpaired) electrons. The summed E-state index contributed by atoms with van der Waals surface area (Å²) in [7, 11) is 0. The van der Waals surface area contributed by atoms with Crippen molar-refractivity contribution in [2.24, 2.45) is 0 Å².